The second-order valence-corrected chi connectivity index (χ2v) is 14.8. The number of aryl methyl sites for hydroxylation is 1. The first kappa shape index (κ1) is 27.6. The third kappa shape index (κ3) is 5.94. The van der Waals surface area contributed by atoms with E-state index in [9.17, 15) is 23.1 Å². The molecule has 1 aliphatic carbocycles. The lowest BCUT2D eigenvalue weighted by molar-refractivity contribution is -0.140. The van der Waals surface area contributed by atoms with Crippen LogP contribution >= 0.6 is 35.1 Å². The fourth-order valence-corrected chi connectivity index (χ4v) is 9.23. The molecule has 202 valence electrons. The lowest BCUT2D eigenvalue weighted by Crippen LogP contribution is -2.47. The fourth-order valence-electron chi connectivity index (χ4n) is 5.00. The Balaban J connectivity index is 1.23. The van der Waals surface area contributed by atoms with Crippen molar-refractivity contribution in [2.24, 2.45) is 0 Å². The summed E-state index contributed by atoms with van der Waals surface area (Å²) in [6.07, 6.45) is 3.30. The molecule has 2 aliphatic heterocycles. The normalized spacial score (nSPS) is 25.2. The molecular formula is C27H29ClN2O5S3. The number of nitrogens with zero attached hydrogens (tertiary/aromatic N) is 1. The number of carbonyl (C=O) groups is 2. The number of sulfonamides is 1. The van der Waals surface area contributed by atoms with Crippen LogP contribution in [0.25, 0.3) is 4.91 Å². The Morgan fingerprint density at radius 1 is 1.13 bits per heavy atom. The number of amides is 1. The Morgan fingerprint density at radius 3 is 2.58 bits per heavy atom. The SMILES string of the molecule is O=C(CCc1cccc(C2CC2(NS(=O)(=O)C2CC=C(c3ccc(Cl)cc3)S2)C(=O)O)c1)N1CCSCC1. The van der Waals surface area contributed by atoms with Gasteiger partial charge in [0.05, 0.1) is 0 Å². The molecule has 0 spiro atoms. The smallest absolute Gasteiger partial charge is 0.325 e. The summed E-state index contributed by atoms with van der Waals surface area (Å²) in [5.41, 5.74) is 1.03. The summed E-state index contributed by atoms with van der Waals surface area (Å²) in [4.78, 5) is 27.6. The maximum absolute atomic E-state index is 13.3. The van der Waals surface area contributed by atoms with E-state index in [-0.39, 0.29) is 18.7 Å². The van der Waals surface area contributed by atoms with E-state index in [2.05, 4.69) is 4.72 Å². The van der Waals surface area contributed by atoms with Crippen molar-refractivity contribution >= 4 is 61.9 Å². The number of aliphatic carboxylic acids is 1. The van der Waals surface area contributed by atoms with Crippen molar-refractivity contribution in [3.05, 3.63) is 76.3 Å². The van der Waals surface area contributed by atoms with Gasteiger partial charge in [0.2, 0.25) is 15.9 Å². The van der Waals surface area contributed by atoms with Crippen LogP contribution in [0.15, 0.2) is 54.6 Å². The highest BCUT2D eigenvalue weighted by Crippen LogP contribution is 2.53. The van der Waals surface area contributed by atoms with E-state index in [0.717, 1.165) is 46.2 Å². The molecule has 5 rings (SSSR count). The van der Waals surface area contributed by atoms with Gasteiger partial charge in [0.15, 0.2) is 0 Å². The van der Waals surface area contributed by atoms with Crippen LogP contribution in [0.2, 0.25) is 5.02 Å². The van der Waals surface area contributed by atoms with E-state index in [1.807, 2.05) is 59.1 Å². The predicted molar refractivity (Wildman–Crippen MR) is 154 cm³/mol. The molecule has 0 radical (unpaired) electrons. The Bertz CT molecular complexity index is 1360. The van der Waals surface area contributed by atoms with Gasteiger partial charge < -0.3 is 10.0 Å². The Morgan fingerprint density at radius 2 is 1.87 bits per heavy atom. The van der Waals surface area contributed by atoms with Crippen molar-refractivity contribution in [1.29, 1.82) is 0 Å². The molecule has 1 amide bonds. The van der Waals surface area contributed by atoms with Crippen LogP contribution < -0.4 is 4.72 Å². The number of carboxylic acids is 1. The summed E-state index contributed by atoms with van der Waals surface area (Å²) in [5.74, 6) is 0.417. The zero-order chi connectivity index (χ0) is 26.9. The predicted octanol–water partition coefficient (Wildman–Crippen LogP) is 4.58. The third-order valence-corrected chi connectivity index (χ3v) is 12.1. The number of thioether (sulfide) groups is 2. The molecular weight excluding hydrogens is 564 g/mol. The first-order valence-electron chi connectivity index (χ1n) is 12.5. The number of hydrogen-bond acceptors (Lipinski definition) is 6. The molecule has 2 fully saturated rings. The van der Waals surface area contributed by atoms with Gasteiger partial charge in [0.1, 0.15) is 10.1 Å². The molecule has 3 atom stereocenters. The summed E-state index contributed by atoms with van der Waals surface area (Å²) < 4.78 is 28.4. The van der Waals surface area contributed by atoms with Crippen LogP contribution in [-0.4, -0.2) is 65.0 Å². The quantitative estimate of drug-likeness (QED) is 0.439. The van der Waals surface area contributed by atoms with Crippen LogP contribution in [0, 0.1) is 0 Å². The van der Waals surface area contributed by atoms with Crippen molar-refractivity contribution in [2.45, 2.75) is 41.7 Å². The van der Waals surface area contributed by atoms with E-state index in [0.29, 0.717) is 17.9 Å². The monoisotopic (exact) mass is 592 g/mol. The number of allylic oxidation sites excluding steroid dienone is 1. The third-order valence-electron chi connectivity index (χ3n) is 7.24. The summed E-state index contributed by atoms with van der Waals surface area (Å²) in [6, 6.07) is 14.7. The van der Waals surface area contributed by atoms with E-state index < -0.39 is 32.0 Å². The topological polar surface area (TPSA) is 104 Å². The number of rotatable bonds is 9. The molecule has 3 aliphatic rings. The number of nitrogens with one attached hydrogen (secondary N) is 1. The average Bonchev–Trinajstić information content (AvgIpc) is 3.41. The second kappa shape index (κ2) is 11.3. The molecule has 2 heterocycles. The van der Waals surface area contributed by atoms with Crippen LogP contribution in [0.1, 0.15) is 41.9 Å². The highest BCUT2D eigenvalue weighted by molar-refractivity contribution is 8.18. The Kier molecular flexibility index (Phi) is 8.17. The fraction of sp³-hybridized carbons (Fsp3) is 0.407. The summed E-state index contributed by atoms with van der Waals surface area (Å²) in [6.45, 7) is 1.56. The van der Waals surface area contributed by atoms with Crippen LogP contribution in [0.5, 0.6) is 0 Å². The van der Waals surface area contributed by atoms with Crippen molar-refractivity contribution in [3.8, 4) is 0 Å². The van der Waals surface area contributed by atoms with Crippen molar-refractivity contribution in [3.63, 3.8) is 0 Å². The van der Waals surface area contributed by atoms with Crippen molar-refractivity contribution in [1.82, 2.24) is 9.62 Å². The maximum Gasteiger partial charge on any atom is 0.325 e. The molecule has 0 bridgehead atoms. The standard InChI is InChI=1S/C27H29ClN2O5S3/c28-21-7-5-19(6-8-21)23-9-11-25(37-23)38(34,35)29-27(26(32)33)17-22(27)20-3-1-2-18(16-20)4-10-24(31)30-12-14-36-15-13-30/h1-3,5-9,16,22,25,29H,4,10-15,17H2,(H,32,33). The molecule has 1 saturated carbocycles. The van der Waals surface area contributed by atoms with Gasteiger partial charge in [-0.1, -0.05) is 54.1 Å². The number of carbonyl (C=O) groups excluding carboxylic acids is 1. The van der Waals surface area contributed by atoms with Crippen LogP contribution in [0.4, 0.5) is 0 Å². The van der Waals surface area contributed by atoms with Gasteiger partial charge in [0, 0.05) is 46.9 Å². The van der Waals surface area contributed by atoms with E-state index in [1.165, 1.54) is 11.8 Å². The summed E-state index contributed by atoms with van der Waals surface area (Å²) >= 11 is 9.03. The average molecular weight is 593 g/mol. The maximum atomic E-state index is 13.3. The van der Waals surface area contributed by atoms with Gasteiger partial charge in [-0.3, -0.25) is 9.59 Å². The lowest BCUT2D eigenvalue weighted by Gasteiger charge is -2.26. The number of halogens is 1. The first-order chi connectivity index (χ1) is 18.2. The summed E-state index contributed by atoms with van der Waals surface area (Å²) in [7, 11) is -3.93. The molecule has 2 aromatic carbocycles. The van der Waals surface area contributed by atoms with Gasteiger partial charge in [0.25, 0.3) is 0 Å². The van der Waals surface area contributed by atoms with Crippen LogP contribution in [-0.2, 0) is 26.0 Å². The van der Waals surface area contributed by atoms with E-state index in [4.69, 9.17) is 11.6 Å². The highest BCUT2D eigenvalue weighted by atomic mass is 35.5. The van der Waals surface area contributed by atoms with Gasteiger partial charge >= 0.3 is 5.97 Å². The van der Waals surface area contributed by atoms with Gasteiger partial charge in [-0.15, -0.1) is 11.8 Å². The zero-order valence-electron chi connectivity index (χ0n) is 20.6. The number of benzene rings is 2. The van der Waals surface area contributed by atoms with Crippen LogP contribution in [0.3, 0.4) is 0 Å². The minimum atomic E-state index is -3.93. The van der Waals surface area contributed by atoms with Gasteiger partial charge in [-0.25, -0.2) is 8.42 Å². The molecule has 1 saturated heterocycles. The first-order valence-corrected chi connectivity index (χ1v) is 16.5. The number of carboxylic acid groups (broad SMARTS) is 1. The molecule has 0 aromatic heterocycles. The number of hydrogen-bond donors (Lipinski definition) is 2. The Labute approximate surface area is 236 Å². The van der Waals surface area contributed by atoms with Crippen molar-refractivity contribution in [2.75, 3.05) is 24.6 Å². The largest absolute Gasteiger partial charge is 0.480 e. The molecule has 2 aromatic rings. The Hall–Kier alpha value is -1.98. The minimum Gasteiger partial charge on any atom is -0.480 e. The van der Waals surface area contributed by atoms with Crippen molar-refractivity contribution < 1.29 is 23.1 Å². The molecule has 7 nitrogen and oxygen atoms in total. The molecule has 3 unspecified atom stereocenters. The molecule has 11 heteroatoms. The van der Waals surface area contributed by atoms with Gasteiger partial charge in [-0.2, -0.15) is 16.5 Å². The zero-order valence-corrected chi connectivity index (χ0v) is 23.8. The summed E-state index contributed by atoms with van der Waals surface area (Å²) in [5, 5.41) is 10.7. The van der Waals surface area contributed by atoms with E-state index >= 15 is 0 Å². The minimum absolute atomic E-state index is 0.135. The van der Waals surface area contributed by atoms with E-state index in [1.54, 1.807) is 12.1 Å². The highest BCUT2D eigenvalue weighted by Gasteiger charge is 2.63. The van der Waals surface area contributed by atoms with Gasteiger partial charge in [-0.05, 0) is 48.1 Å². The molecule has 38 heavy (non-hydrogen) atoms. The molecule has 2 N–H and O–H groups in total. The second-order valence-electron chi connectivity index (χ2n) is 9.78. The lowest BCUT2D eigenvalue weighted by atomic mass is 10.0.